The van der Waals surface area contributed by atoms with Gasteiger partial charge in [-0.25, -0.2) is 9.37 Å². The molecule has 3 aromatic rings. The number of unbranched alkanes of at least 4 members (excludes halogenated alkanes) is 1. The van der Waals surface area contributed by atoms with Gasteiger partial charge in [-0.1, -0.05) is 13.3 Å². The molecular weight excluding hydrogens is 397 g/mol. The Balaban J connectivity index is 2.86. The summed E-state index contributed by atoms with van der Waals surface area (Å²) in [5.41, 5.74) is 6.45. The molecule has 0 fully saturated rings. The van der Waals surface area contributed by atoms with E-state index < -0.39 is 11.4 Å². The lowest BCUT2D eigenvalue weighted by atomic mass is 10.2. The number of nitrogens with one attached hydrogen (secondary N) is 2. The average molecular weight is 421 g/mol. The normalized spacial score (nSPS) is 11.8. The molecule has 4 N–H and O–H groups in total. The summed E-state index contributed by atoms with van der Waals surface area (Å²) in [6.45, 7) is 2.51. The van der Waals surface area contributed by atoms with E-state index >= 15 is 0 Å². The Morgan fingerprint density at radius 1 is 1.35 bits per heavy atom. The molecule has 8 nitrogen and oxygen atoms in total. The maximum absolute atomic E-state index is 14.2. The maximum atomic E-state index is 14.2. The quantitative estimate of drug-likeness (QED) is 0.590. The molecule has 31 heavy (non-hydrogen) atoms. The van der Waals surface area contributed by atoms with Crippen molar-refractivity contribution in [3.63, 3.8) is 0 Å². The number of halogens is 1. The molecular formula is C22H24FN7O. The van der Waals surface area contributed by atoms with Crippen molar-refractivity contribution >= 4 is 33.3 Å². The van der Waals surface area contributed by atoms with E-state index in [1.165, 1.54) is 31.4 Å². The van der Waals surface area contributed by atoms with Crippen molar-refractivity contribution in [2.45, 2.75) is 26.3 Å². The second-order valence-corrected chi connectivity index (χ2v) is 7.12. The topological polar surface area (TPSA) is 126 Å². The Bertz CT molecular complexity index is 1450. The van der Waals surface area contributed by atoms with Crippen LogP contribution in [-0.2, 0) is 13.6 Å². The van der Waals surface area contributed by atoms with Gasteiger partial charge in [0.2, 0.25) is 0 Å². The lowest BCUT2D eigenvalue weighted by molar-refractivity contribution is 0.624. The van der Waals surface area contributed by atoms with E-state index in [0.29, 0.717) is 23.0 Å². The van der Waals surface area contributed by atoms with Crippen LogP contribution in [0.5, 0.6) is 0 Å². The van der Waals surface area contributed by atoms with E-state index in [0.717, 1.165) is 17.4 Å². The molecule has 0 amide bonds. The molecule has 0 aliphatic carbocycles. The number of aryl methyl sites for hydroxylation is 1. The zero-order valence-corrected chi connectivity index (χ0v) is 17.7. The van der Waals surface area contributed by atoms with Gasteiger partial charge in [-0.05, 0) is 30.7 Å². The summed E-state index contributed by atoms with van der Waals surface area (Å²) < 4.78 is 17.2. The molecule has 2 bridgehead atoms. The number of nitrogens with zero attached hydrogens (tertiary/aromatic N) is 4. The van der Waals surface area contributed by atoms with Crippen LogP contribution in [0.3, 0.4) is 0 Å². The molecule has 0 spiro atoms. The Hall–Kier alpha value is -3.93. The van der Waals surface area contributed by atoms with Crippen molar-refractivity contribution in [1.82, 2.24) is 19.4 Å². The largest absolute Gasteiger partial charge is 0.382 e. The number of pyridine rings is 1. The summed E-state index contributed by atoms with van der Waals surface area (Å²) in [6, 6.07) is 7.65. The molecule has 0 aliphatic rings. The SMILES string of the molecule is CCCCn1c2cc(cnc2N)/c(=C(\C#N)NC)c(=N)n(C)c(=O)c2ccc(F)cc21. The predicted octanol–water partition coefficient (Wildman–Crippen LogP) is 1.58. The van der Waals surface area contributed by atoms with Gasteiger partial charge in [0, 0.05) is 32.2 Å². The third-order valence-electron chi connectivity index (χ3n) is 5.18. The molecule has 0 unspecified atom stereocenters. The summed E-state index contributed by atoms with van der Waals surface area (Å²) in [7, 11) is 3.02. The van der Waals surface area contributed by atoms with Crippen LogP contribution in [0, 0.1) is 22.6 Å². The fourth-order valence-electron chi connectivity index (χ4n) is 3.50. The monoisotopic (exact) mass is 421 g/mol. The predicted molar refractivity (Wildman–Crippen MR) is 119 cm³/mol. The van der Waals surface area contributed by atoms with E-state index in [1.54, 1.807) is 17.7 Å². The van der Waals surface area contributed by atoms with E-state index in [1.807, 2.05) is 13.0 Å². The van der Waals surface area contributed by atoms with Gasteiger partial charge >= 0.3 is 0 Å². The highest BCUT2D eigenvalue weighted by molar-refractivity contribution is 5.83. The maximum Gasteiger partial charge on any atom is 0.261 e. The Morgan fingerprint density at radius 2 is 2.10 bits per heavy atom. The lowest BCUT2D eigenvalue weighted by Gasteiger charge is -2.13. The zero-order valence-electron chi connectivity index (χ0n) is 17.7. The van der Waals surface area contributed by atoms with Gasteiger partial charge in [0.25, 0.3) is 5.56 Å². The van der Waals surface area contributed by atoms with E-state index in [9.17, 15) is 14.4 Å². The highest BCUT2D eigenvalue weighted by Gasteiger charge is 2.10. The van der Waals surface area contributed by atoms with Crippen molar-refractivity contribution in [3.8, 4) is 6.07 Å². The Labute approximate surface area is 177 Å². The number of fused-ring (bicyclic) bond motifs is 3. The number of aromatic nitrogens is 3. The molecule has 0 saturated heterocycles. The first kappa shape index (κ1) is 21.8. The zero-order chi connectivity index (χ0) is 22.7. The average Bonchev–Trinajstić information content (AvgIpc) is 2.77. The van der Waals surface area contributed by atoms with Crippen LogP contribution in [0.25, 0.3) is 27.5 Å². The number of benzene rings is 1. The summed E-state index contributed by atoms with van der Waals surface area (Å²) in [4.78, 5) is 17.6. The second kappa shape index (κ2) is 8.83. The van der Waals surface area contributed by atoms with Gasteiger partial charge in [-0.15, -0.1) is 0 Å². The summed E-state index contributed by atoms with van der Waals surface area (Å²) in [5.74, 6) is -0.293. The number of nitrogens with two attached hydrogens (primary N) is 1. The fourth-order valence-corrected chi connectivity index (χ4v) is 3.50. The minimum absolute atomic E-state index is 0.113. The van der Waals surface area contributed by atoms with E-state index in [4.69, 9.17) is 11.1 Å². The van der Waals surface area contributed by atoms with Crippen molar-refractivity contribution < 1.29 is 4.39 Å². The molecule has 0 atom stereocenters. The van der Waals surface area contributed by atoms with Gasteiger partial charge in [0.15, 0.2) is 0 Å². The van der Waals surface area contributed by atoms with Crippen LogP contribution in [-0.4, -0.2) is 21.2 Å². The van der Waals surface area contributed by atoms with E-state index in [2.05, 4.69) is 10.3 Å². The van der Waals surface area contributed by atoms with Crippen LogP contribution in [0.2, 0.25) is 0 Å². The van der Waals surface area contributed by atoms with Crippen molar-refractivity contribution in [3.05, 3.63) is 57.3 Å². The first-order valence-corrected chi connectivity index (χ1v) is 9.86. The minimum atomic E-state index is -0.496. The first-order chi connectivity index (χ1) is 14.8. The van der Waals surface area contributed by atoms with Crippen molar-refractivity contribution in [1.29, 1.82) is 10.7 Å². The van der Waals surface area contributed by atoms with Crippen molar-refractivity contribution in [2.24, 2.45) is 7.05 Å². The third-order valence-corrected chi connectivity index (χ3v) is 5.18. The number of hydrogen-bond acceptors (Lipinski definition) is 6. The summed E-state index contributed by atoms with van der Waals surface area (Å²) >= 11 is 0. The number of anilines is 1. The number of rotatable bonds is 4. The smallest absolute Gasteiger partial charge is 0.261 e. The molecule has 9 heteroatoms. The Morgan fingerprint density at radius 3 is 2.74 bits per heavy atom. The fraction of sp³-hybridized carbons (Fsp3) is 0.273. The van der Waals surface area contributed by atoms with Crippen LogP contribution in [0.1, 0.15) is 19.8 Å². The van der Waals surface area contributed by atoms with E-state index in [-0.39, 0.29) is 27.6 Å². The second-order valence-electron chi connectivity index (χ2n) is 7.12. The molecule has 3 rings (SSSR count). The van der Waals surface area contributed by atoms with Crippen LogP contribution in [0.4, 0.5) is 10.2 Å². The van der Waals surface area contributed by atoms with Crippen molar-refractivity contribution in [2.75, 3.05) is 12.8 Å². The number of nitrogen functional groups attached to an aromatic ring is 1. The molecule has 0 aliphatic heterocycles. The molecule has 160 valence electrons. The van der Waals surface area contributed by atoms with Gasteiger partial charge in [-0.2, -0.15) is 5.26 Å². The van der Waals surface area contributed by atoms with Gasteiger partial charge in [0.1, 0.15) is 28.9 Å². The minimum Gasteiger partial charge on any atom is -0.382 e. The molecule has 2 heterocycles. The lowest BCUT2D eigenvalue weighted by Crippen LogP contribution is -2.41. The molecule has 1 aromatic carbocycles. The number of hydrogen-bond donors (Lipinski definition) is 3. The third kappa shape index (κ3) is 3.92. The standard InChI is InChI=1S/C22H24FN7O/c1-4-5-8-30-17-10-14(23)6-7-15(17)22(31)29(3)21(26)19(16(11-24)27-2)13-9-18(30)20(25)28-12-13/h6-7,9-10,12,26-27H,4-5,8H2,1-3H3,(H2,25,28)/b19-16-,26-21?. The first-order valence-electron chi connectivity index (χ1n) is 9.86. The van der Waals surface area contributed by atoms with Gasteiger partial charge in [0.05, 0.1) is 21.6 Å². The van der Waals surface area contributed by atoms with Crippen LogP contribution >= 0.6 is 0 Å². The van der Waals surface area contributed by atoms with Gasteiger partial charge < -0.3 is 15.6 Å². The number of nitriles is 1. The molecule has 2 aromatic heterocycles. The Kier molecular flexibility index (Phi) is 6.20. The molecule has 0 radical (unpaired) electrons. The van der Waals surface area contributed by atoms with Crippen LogP contribution in [0.15, 0.2) is 35.3 Å². The summed E-state index contributed by atoms with van der Waals surface area (Å²) in [6.07, 6.45) is 3.10. The van der Waals surface area contributed by atoms with Gasteiger partial charge in [-0.3, -0.25) is 14.8 Å². The molecule has 0 saturated carbocycles. The highest BCUT2D eigenvalue weighted by atomic mass is 19.1. The summed E-state index contributed by atoms with van der Waals surface area (Å²) in [5, 5.41) is 21.9. The highest BCUT2D eigenvalue weighted by Crippen LogP contribution is 2.19. The van der Waals surface area contributed by atoms with Crippen LogP contribution < -0.4 is 27.3 Å².